The van der Waals surface area contributed by atoms with Gasteiger partial charge in [-0.2, -0.15) is 12.7 Å². The van der Waals surface area contributed by atoms with E-state index in [1.54, 1.807) is 12.3 Å². The predicted molar refractivity (Wildman–Crippen MR) is 218 cm³/mol. The Morgan fingerprint density at radius 1 is 0.966 bits per heavy atom. The van der Waals surface area contributed by atoms with Gasteiger partial charge in [0.05, 0.1) is 17.8 Å². The molecule has 5 heterocycles. The number of anilines is 2. The molecule has 3 fully saturated rings. The van der Waals surface area contributed by atoms with Crippen LogP contribution >= 0.6 is 0 Å². The monoisotopic (exact) mass is 823 g/mol. The molecule has 2 N–H and O–H groups in total. The number of halogens is 3. The van der Waals surface area contributed by atoms with Crippen molar-refractivity contribution >= 4 is 44.4 Å². The van der Waals surface area contributed by atoms with Crippen LogP contribution in [-0.2, 0) is 19.7 Å². The molecule has 0 aliphatic carbocycles. The number of benzene rings is 2. The number of ketones is 1. The van der Waals surface area contributed by atoms with E-state index in [4.69, 9.17) is 4.74 Å². The first-order valence-electron chi connectivity index (χ1n) is 20.0. The van der Waals surface area contributed by atoms with Crippen LogP contribution in [0.25, 0.3) is 22.2 Å². The molecule has 3 saturated heterocycles. The predicted octanol–water partition coefficient (Wildman–Crippen LogP) is 6.39. The third-order valence-electron chi connectivity index (χ3n) is 11.4. The number of hydrogen-bond acceptors (Lipinski definition) is 9. The van der Waals surface area contributed by atoms with Crippen molar-refractivity contribution < 1.29 is 35.9 Å². The van der Waals surface area contributed by atoms with Crippen molar-refractivity contribution in [2.24, 2.45) is 5.92 Å². The van der Waals surface area contributed by atoms with E-state index in [0.29, 0.717) is 35.1 Å². The third-order valence-corrected chi connectivity index (χ3v) is 12.9. The first-order chi connectivity index (χ1) is 27.6. The number of hydrogen-bond donors (Lipinski definition) is 2. The largest absolute Gasteiger partial charge is 0.459 e. The topological polar surface area (TPSA) is 131 Å². The lowest BCUT2D eigenvalue weighted by Crippen LogP contribution is -2.54. The van der Waals surface area contributed by atoms with Gasteiger partial charge in [-0.15, -0.1) is 0 Å². The molecule has 0 amide bonds. The molecule has 2 atom stereocenters. The van der Waals surface area contributed by atoms with E-state index < -0.39 is 50.7 Å². The second-order valence-corrected chi connectivity index (χ2v) is 18.3. The third kappa shape index (κ3) is 9.35. The highest BCUT2D eigenvalue weighted by atomic mass is 32.2. The number of carbonyl (C=O) groups is 2. The van der Waals surface area contributed by atoms with Crippen LogP contribution in [-0.4, -0.2) is 121 Å². The fourth-order valence-electron chi connectivity index (χ4n) is 8.27. The lowest BCUT2D eigenvalue weighted by molar-refractivity contribution is -0.156. The molecule has 7 rings (SSSR count). The minimum absolute atomic E-state index is 0.0109. The average Bonchev–Trinajstić information content (AvgIpc) is 3.83. The maximum absolute atomic E-state index is 15.7. The number of rotatable bonds is 12. The molecule has 2 aromatic heterocycles. The lowest BCUT2D eigenvalue weighted by atomic mass is 9.94. The van der Waals surface area contributed by atoms with Gasteiger partial charge in [-0.05, 0) is 101 Å². The number of nitrogens with one attached hydrogen (secondary N) is 2. The summed E-state index contributed by atoms with van der Waals surface area (Å²) in [5, 5.41) is 0.345. The fourth-order valence-corrected chi connectivity index (χ4v) is 9.54. The molecule has 16 heteroatoms. The summed E-state index contributed by atoms with van der Waals surface area (Å²) in [6.45, 7) is 13.4. The summed E-state index contributed by atoms with van der Waals surface area (Å²) in [5.41, 5.74) is 0.918. The van der Waals surface area contributed by atoms with E-state index in [0.717, 1.165) is 86.2 Å². The van der Waals surface area contributed by atoms with Gasteiger partial charge in [0.25, 0.3) is 0 Å². The van der Waals surface area contributed by atoms with Crippen molar-refractivity contribution in [2.45, 2.75) is 71.2 Å². The molecule has 3 aliphatic rings. The Kier molecular flexibility index (Phi) is 12.2. The Hall–Kier alpha value is -4.51. The molecule has 0 saturated carbocycles. The normalized spacial score (nSPS) is 20.5. The molecule has 0 bridgehead atoms. The van der Waals surface area contributed by atoms with Gasteiger partial charge in [-0.3, -0.25) is 24.1 Å². The fraction of sp³-hybridized carbons (Fsp3) is 0.500. The molecule has 0 radical (unpaired) electrons. The van der Waals surface area contributed by atoms with E-state index in [2.05, 4.69) is 43.7 Å². The number of fused-ring (bicyclic) bond motifs is 1. The maximum Gasteiger partial charge on any atom is 0.320 e. The second-order valence-electron chi connectivity index (χ2n) is 16.6. The molecule has 0 unspecified atom stereocenters. The smallest absolute Gasteiger partial charge is 0.320 e. The van der Waals surface area contributed by atoms with Crippen molar-refractivity contribution in [2.75, 3.05) is 68.5 Å². The molecule has 58 heavy (non-hydrogen) atoms. The van der Waals surface area contributed by atoms with Crippen LogP contribution in [0, 0.1) is 17.6 Å². The number of nitrogens with zero attached hydrogens (tertiary/aromatic N) is 5. The van der Waals surface area contributed by atoms with Crippen LogP contribution in [0.3, 0.4) is 0 Å². The number of aromatic nitrogens is 2. The summed E-state index contributed by atoms with van der Waals surface area (Å²) < 4.78 is 78.5. The molecule has 0 spiro atoms. The number of carbonyl (C=O) groups excluding carboxylic acids is 2. The molecule has 12 nitrogen and oxygen atoms in total. The quantitative estimate of drug-likeness (QED) is 0.123. The van der Waals surface area contributed by atoms with Crippen molar-refractivity contribution in [3.05, 3.63) is 77.6 Å². The summed E-state index contributed by atoms with van der Waals surface area (Å²) in [6, 6.07) is 12.0. The van der Waals surface area contributed by atoms with Crippen molar-refractivity contribution in [1.29, 1.82) is 0 Å². The highest BCUT2D eigenvalue weighted by Gasteiger charge is 2.34. The average molecular weight is 824 g/mol. The van der Waals surface area contributed by atoms with Gasteiger partial charge in [0.2, 0.25) is 5.78 Å². The zero-order chi connectivity index (χ0) is 41.4. The number of alkyl halides is 1. The minimum Gasteiger partial charge on any atom is -0.459 e. The first-order valence-corrected chi connectivity index (χ1v) is 21.5. The molecular formula is C42H52F3N7O5S. The number of piperazine rings is 1. The van der Waals surface area contributed by atoms with Crippen molar-refractivity contribution in [3.8, 4) is 11.1 Å². The summed E-state index contributed by atoms with van der Waals surface area (Å²) in [4.78, 5) is 40.6. The SMILES string of the molecule is CC[C@@H]1CN(c2ccc(-c3cnc4[nH]cc(C(=O)c5c(F)ccc(NS(=O)(=O)N6CC[C@@H](F)C6)c5F)c4c3)cc2)CCN1CC1CCN(CC(=O)OC(C)(C)C)CC1. The molecular weight excluding hydrogens is 772 g/mol. The van der Waals surface area contributed by atoms with E-state index in [-0.39, 0.29) is 31.0 Å². The van der Waals surface area contributed by atoms with Crippen LogP contribution in [0.5, 0.6) is 0 Å². The van der Waals surface area contributed by atoms with Gasteiger partial charge in [0.1, 0.15) is 23.2 Å². The van der Waals surface area contributed by atoms with E-state index in [1.807, 2.05) is 37.6 Å². The number of piperidine rings is 1. The minimum atomic E-state index is -4.34. The molecule has 3 aliphatic heterocycles. The molecule has 4 aromatic rings. The van der Waals surface area contributed by atoms with Crippen LogP contribution < -0.4 is 9.62 Å². The van der Waals surface area contributed by atoms with E-state index >= 15 is 8.78 Å². The maximum atomic E-state index is 15.7. The highest BCUT2D eigenvalue weighted by Crippen LogP contribution is 2.32. The summed E-state index contributed by atoms with van der Waals surface area (Å²) >= 11 is 0. The van der Waals surface area contributed by atoms with Gasteiger partial charge in [-0.1, -0.05) is 19.1 Å². The van der Waals surface area contributed by atoms with Crippen LogP contribution in [0.4, 0.5) is 24.5 Å². The van der Waals surface area contributed by atoms with Gasteiger partial charge in [0, 0.05) is 79.9 Å². The zero-order valence-electron chi connectivity index (χ0n) is 33.4. The van der Waals surface area contributed by atoms with E-state index in [9.17, 15) is 22.4 Å². The number of aromatic amines is 1. The van der Waals surface area contributed by atoms with Crippen molar-refractivity contribution in [3.63, 3.8) is 0 Å². The summed E-state index contributed by atoms with van der Waals surface area (Å²) in [7, 11) is -4.34. The zero-order valence-corrected chi connectivity index (χ0v) is 34.3. The van der Waals surface area contributed by atoms with Gasteiger partial charge < -0.3 is 14.6 Å². The Labute approximate surface area is 337 Å². The molecule has 2 aromatic carbocycles. The van der Waals surface area contributed by atoms with Crippen LogP contribution in [0.15, 0.2) is 54.9 Å². The lowest BCUT2D eigenvalue weighted by Gasteiger charge is -2.44. The van der Waals surface area contributed by atoms with Gasteiger partial charge >= 0.3 is 16.2 Å². The first kappa shape index (κ1) is 41.6. The standard InChI is InChI=1S/C42H52F3N7O5S/c1-5-31-25-51(19-18-50(31)23-27-12-15-49(16-13-27)26-37(53)57-42(2,3)4)32-8-6-28(7-9-32)29-20-33-34(22-47-41(33)46-21-29)40(54)38-35(44)10-11-36(39(38)45)48-58(55,56)52-17-14-30(43)24-52/h6-11,20-22,27,30-31,48H,5,12-19,23-26H2,1-4H3,(H,46,47)/t30-,31-/m1/s1. The van der Waals surface area contributed by atoms with Crippen LogP contribution in [0.1, 0.15) is 69.3 Å². The number of ether oxygens (including phenoxy) is 1. The molecule has 312 valence electrons. The van der Waals surface area contributed by atoms with E-state index in [1.165, 1.54) is 6.20 Å². The van der Waals surface area contributed by atoms with Crippen LogP contribution in [0.2, 0.25) is 0 Å². The number of esters is 1. The van der Waals surface area contributed by atoms with Gasteiger partial charge in [0.15, 0.2) is 5.82 Å². The Bertz CT molecular complexity index is 2240. The van der Waals surface area contributed by atoms with Crippen molar-refractivity contribution in [1.82, 2.24) is 24.1 Å². The Balaban J connectivity index is 0.992. The summed E-state index contributed by atoms with van der Waals surface area (Å²) in [6.07, 6.45) is 4.81. The number of H-pyrrole nitrogens is 1. The Morgan fingerprint density at radius 2 is 1.71 bits per heavy atom. The second kappa shape index (κ2) is 17.0. The Morgan fingerprint density at radius 3 is 2.38 bits per heavy atom. The number of likely N-dealkylation sites (tertiary alicyclic amines) is 1. The number of pyridine rings is 1. The van der Waals surface area contributed by atoms with Gasteiger partial charge in [-0.25, -0.2) is 18.2 Å². The summed E-state index contributed by atoms with van der Waals surface area (Å²) in [5.74, 6) is -3.10. The highest BCUT2D eigenvalue weighted by molar-refractivity contribution is 7.90.